The first-order valence-corrected chi connectivity index (χ1v) is 11.2. The Balaban J connectivity index is 1.51. The Labute approximate surface area is 206 Å². The molecule has 1 N–H and O–H groups in total. The van der Waals surface area contributed by atoms with Gasteiger partial charge in [-0.25, -0.2) is 4.79 Å². The number of nitriles is 1. The van der Waals surface area contributed by atoms with Crippen molar-refractivity contribution in [1.82, 2.24) is 9.13 Å². The van der Waals surface area contributed by atoms with Crippen LogP contribution in [0.4, 0.5) is 5.69 Å². The van der Waals surface area contributed by atoms with Crippen molar-refractivity contribution >= 4 is 23.2 Å². The highest BCUT2D eigenvalue weighted by molar-refractivity contribution is 6.31. The van der Waals surface area contributed by atoms with Crippen molar-refractivity contribution in [2.75, 3.05) is 5.32 Å². The Bertz CT molecular complexity index is 1510. The molecule has 0 fully saturated rings. The first kappa shape index (κ1) is 23.7. The Hall–Kier alpha value is -4.41. The molecule has 0 spiro atoms. The van der Waals surface area contributed by atoms with Gasteiger partial charge in [0.2, 0.25) is 5.91 Å². The van der Waals surface area contributed by atoms with Crippen molar-refractivity contribution in [3.05, 3.63) is 134 Å². The van der Waals surface area contributed by atoms with E-state index in [2.05, 4.69) is 11.4 Å². The molecule has 4 aromatic rings. The zero-order chi connectivity index (χ0) is 24.8. The van der Waals surface area contributed by atoms with Crippen molar-refractivity contribution in [2.45, 2.75) is 19.0 Å². The number of amides is 1. The predicted octanol–water partition coefficient (Wildman–Crippen LogP) is 4.01. The molecule has 35 heavy (non-hydrogen) atoms. The zero-order valence-corrected chi connectivity index (χ0v) is 19.4. The van der Waals surface area contributed by atoms with Gasteiger partial charge in [0.1, 0.15) is 6.54 Å². The predicted molar refractivity (Wildman–Crippen MR) is 134 cm³/mol. The molecular weight excluding hydrogens is 464 g/mol. The number of carbonyl (C=O) groups is 1. The molecule has 3 aromatic carbocycles. The van der Waals surface area contributed by atoms with Crippen LogP contribution in [-0.4, -0.2) is 15.0 Å². The molecule has 174 valence electrons. The molecule has 0 bridgehead atoms. The van der Waals surface area contributed by atoms with E-state index in [1.807, 2.05) is 60.7 Å². The third kappa shape index (κ3) is 5.57. The lowest BCUT2D eigenvalue weighted by Gasteiger charge is -2.14. The van der Waals surface area contributed by atoms with Crippen LogP contribution in [0.15, 0.2) is 101 Å². The molecule has 8 heteroatoms. The fraction of sp³-hybridized carbons (Fsp3) is 0.111. The van der Waals surface area contributed by atoms with Crippen molar-refractivity contribution in [3.63, 3.8) is 0 Å². The highest BCUT2D eigenvalue weighted by Gasteiger charge is 2.17. The van der Waals surface area contributed by atoms with Crippen LogP contribution >= 0.6 is 11.6 Å². The second kappa shape index (κ2) is 10.7. The minimum Gasteiger partial charge on any atom is -0.324 e. The molecule has 7 nitrogen and oxygen atoms in total. The number of halogens is 1. The summed E-state index contributed by atoms with van der Waals surface area (Å²) in [5.74, 6) is -1.11. The van der Waals surface area contributed by atoms with Gasteiger partial charge in [-0.1, -0.05) is 78.3 Å². The quantitative estimate of drug-likeness (QED) is 0.428. The van der Waals surface area contributed by atoms with Crippen molar-refractivity contribution in [2.24, 2.45) is 0 Å². The van der Waals surface area contributed by atoms with Gasteiger partial charge in [-0.15, -0.1) is 0 Å². The number of hydrogen-bond donors (Lipinski definition) is 1. The Morgan fingerprint density at radius 3 is 2.31 bits per heavy atom. The summed E-state index contributed by atoms with van der Waals surface area (Å²) >= 11 is 6.43. The van der Waals surface area contributed by atoms with Gasteiger partial charge >= 0.3 is 5.69 Å². The molecule has 4 rings (SSSR count). The number of nitrogens with one attached hydrogen (secondary N) is 1. The topological polar surface area (TPSA) is 96.9 Å². The van der Waals surface area contributed by atoms with Crippen LogP contribution in [-0.2, 0) is 17.9 Å². The SMILES string of the molecule is N#CC(c1ccccc1)c1ccc(NC(=O)Cn2c(=O)ccn(Cc3ccccc3)c2=O)cc1Cl. The summed E-state index contributed by atoms with van der Waals surface area (Å²) in [6, 6.07) is 27.0. The fourth-order valence-electron chi connectivity index (χ4n) is 3.76. The van der Waals surface area contributed by atoms with Gasteiger partial charge < -0.3 is 5.32 Å². The van der Waals surface area contributed by atoms with E-state index >= 15 is 0 Å². The summed E-state index contributed by atoms with van der Waals surface area (Å²) in [6.45, 7) is -0.169. The van der Waals surface area contributed by atoms with Crippen LogP contribution in [0.5, 0.6) is 0 Å². The van der Waals surface area contributed by atoms with E-state index in [1.165, 1.54) is 16.8 Å². The molecular formula is C27H21ClN4O3. The molecule has 1 aromatic heterocycles. The summed E-state index contributed by atoms with van der Waals surface area (Å²) in [5.41, 5.74) is 1.56. The molecule has 1 atom stereocenters. The zero-order valence-electron chi connectivity index (χ0n) is 18.6. The van der Waals surface area contributed by atoms with Gasteiger partial charge in [-0.3, -0.25) is 18.7 Å². The molecule has 0 saturated carbocycles. The number of carbonyl (C=O) groups excluding carboxylic acids is 1. The first-order valence-electron chi connectivity index (χ1n) is 10.8. The normalized spacial score (nSPS) is 11.4. The highest BCUT2D eigenvalue weighted by Crippen LogP contribution is 2.31. The standard InChI is InChI=1S/C27H21ClN4O3/c28-24-15-21(11-12-22(24)23(16-29)20-9-5-2-6-10-20)30-25(33)18-32-26(34)13-14-31(27(32)35)17-19-7-3-1-4-8-19/h1-15,23H,17-18H2,(H,30,33). The first-order chi connectivity index (χ1) is 17.0. The number of anilines is 1. The Kier molecular flexibility index (Phi) is 7.24. The van der Waals surface area contributed by atoms with Crippen LogP contribution in [0.1, 0.15) is 22.6 Å². The van der Waals surface area contributed by atoms with Crippen LogP contribution < -0.4 is 16.6 Å². The largest absolute Gasteiger partial charge is 0.331 e. The van der Waals surface area contributed by atoms with E-state index in [9.17, 15) is 19.6 Å². The van der Waals surface area contributed by atoms with Crippen molar-refractivity contribution in [3.8, 4) is 6.07 Å². The third-order valence-electron chi connectivity index (χ3n) is 5.49. The van der Waals surface area contributed by atoms with Gasteiger partial charge in [0.15, 0.2) is 0 Å². The van der Waals surface area contributed by atoms with E-state index in [0.717, 1.165) is 15.7 Å². The fourth-order valence-corrected chi connectivity index (χ4v) is 4.04. The molecule has 1 heterocycles. The maximum absolute atomic E-state index is 12.8. The molecule has 0 aliphatic heterocycles. The van der Waals surface area contributed by atoms with E-state index in [4.69, 9.17) is 11.6 Å². The van der Waals surface area contributed by atoms with E-state index in [-0.39, 0.29) is 6.54 Å². The van der Waals surface area contributed by atoms with E-state index < -0.39 is 29.6 Å². The monoisotopic (exact) mass is 484 g/mol. The number of benzene rings is 3. The molecule has 0 radical (unpaired) electrons. The number of nitrogens with zero attached hydrogens (tertiary/aromatic N) is 3. The minimum absolute atomic E-state index is 0.278. The minimum atomic E-state index is -0.579. The lowest BCUT2D eigenvalue weighted by Crippen LogP contribution is -2.41. The number of rotatable bonds is 7. The summed E-state index contributed by atoms with van der Waals surface area (Å²) in [6.07, 6.45) is 1.42. The lowest BCUT2D eigenvalue weighted by molar-refractivity contribution is -0.116. The van der Waals surface area contributed by atoms with Crippen LogP contribution in [0.3, 0.4) is 0 Å². The summed E-state index contributed by atoms with van der Waals surface area (Å²) in [7, 11) is 0. The molecule has 0 aliphatic rings. The third-order valence-corrected chi connectivity index (χ3v) is 5.82. The van der Waals surface area contributed by atoms with E-state index in [0.29, 0.717) is 16.3 Å². The summed E-state index contributed by atoms with van der Waals surface area (Å²) in [5, 5.41) is 12.6. The molecule has 0 aliphatic carbocycles. The van der Waals surface area contributed by atoms with Crippen LogP contribution in [0.2, 0.25) is 5.02 Å². The summed E-state index contributed by atoms with van der Waals surface area (Å²) < 4.78 is 2.26. The van der Waals surface area contributed by atoms with Gasteiger partial charge in [0.25, 0.3) is 5.56 Å². The van der Waals surface area contributed by atoms with Gasteiger partial charge in [-0.05, 0) is 28.8 Å². The molecule has 0 saturated heterocycles. The Morgan fingerprint density at radius 1 is 0.971 bits per heavy atom. The van der Waals surface area contributed by atoms with Crippen LogP contribution in [0, 0.1) is 11.3 Å². The second-order valence-electron chi connectivity index (χ2n) is 7.89. The van der Waals surface area contributed by atoms with Gasteiger partial charge in [0, 0.05) is 23.0 Å². The number of hydrogen-bond acceptors (Lipinski definition) is 4. The van der Waals surface area contributed by atoms with Gasteiger partial charge in [-0.2, -0.15) is 5.26 Å². The molecule has 1 amide bonds. The van der Waals surface area contributed by atoms with Crippen LogP contribution in [0.25, 0.3) is 0 Å². The smallest absolute Gasteiger partial charge is 0.324 e. The Morgan fingerprint density at radius 2 is 1.66 bits per heavy atom. The maximum atomic E-state index is 12.8. The average Bonchev–Trinajstić information content (AvgIpc) is 2.86. The molecule has 1 unspecified atom stereocenters. The average molecular weight is 485 g/mol. The lowest BCUT2D eigenvalue weighted by atomic mass is 9.92. The summed E-state index contributed by atoms with van der Waals surface area (Å²) in [4.78, 5) is 37.8. The maximum Gasteiger partial charge on any atom is 0.331 e. The van der Waals surface area contributed by atoms with Gasteiger partial charge in [0.05, 0.1) is 18.5 Å². The van der Waals surface area contributed by atoms with Crippen molar-refractivity contribution in [1.29, 1.82) is 5.26 Å². The second-order valence-corrected chi connectivity index (χ2v) is 8.30. The highest BCUT2D eigenvalue weighted by atomic mass is 35.5. The number of aromatic nitrogens is 2. The van der Waals surface area contributed by atoms with E-state index in [1.54, 1.807) is 18.2 Å². The van der Waals surface area contributed by atoms with Crippen molar-refractivity contribution < 1.29 is 4.79 Å².